The lowest BCUT2D eigenvalue weighted by molar-refractivity contribution is -0.137. The number of amides is 1. The Morgan fingerprint density at radius 1 is 1.55 bits per heavy atom. The molecular weight excluding hydrogens is 260 g/mol. The van der Waals surface area contributed by atoms with E-state index in [2.05, 4.69) is 10.2 Å². The number of carbonyl (C=O) groups is 1. The minimum Gasteiger partial charge on any atom is -0.383 e. The van der Waals surface area contributed by atoms with Gasteiger partial charge in [-0.3, -0.25) is 4.79 Å². The van der Waals surface area contributed by atoms with Crippen molar-refractivity contribution in [2.45, 2.75) is 25.9 Å². The Bertz CT molecular complexity index is 429. The molecule has 0 saturated carbocycles. The monoisotopic (exact) mass is 282 g/mol. The molecule has 0 atom stereocenters. The van der Waals surface area contributed by atoms with Crippen LogP contribution in [0.5, 0.6) is 0 Å². The van der Waals surface area contributed by atoms with Crippen LogP contribution in [0.1, 0.15) is 18.7 Å². The molecule has 0 aliphatic carbocycles. The van der Waals surface area contributed by atoms with E-state index in [4.69, 9.17) is 9.47 Å². The summed E-state index contributed by atoms with van der Waals surface area (Å²) in [5.41, 5.74) is 0. The molecule has 2 heterocycles. The molecule has 1 aromatic heterocycles. The molecule has 0 spiro atoms. The van der Waals surface area contributed by atoms with E-state index in [1.807, 2.05) is 11.6 Å². The van der Waals surface area contributed by atoms with Crippen LogP contribution in [0.2, 0.25) is 0 Å². The maximum atomic E-state index is 12.3. The molecule has 1 amide bonds. The molecule has 1 fully saturated rings. The first-order valence-electron chi connectivity index (χ1n) is 6.90. The lowest BCUT2D eigenvalue weighted by Crippen LogP contribution is -2.36. The molecule has 1 saturated heterocycles. The molecule has 0 radical (unpaired) electrons. The molecule has 1 aliphatic rings. The van der Waals surface area contributed by atoms with Crippen LogP contribution in [-0.2, 0) is 27.4 Å². The van der Waals surface area contributed by atoms with Gasteiger partial charge in [0.1, 0.15) is 6.33 Å². The molecule has 0 bridgehead atoms. The third kappa shape index (κ3) is 3.77. The number of methoxy groups -OCH3 is 1. The Morgan fingerprint density at radius 2 is 2.30 bits per heavy atom. The van der Waals surface area contributed by atoms with Gasteiger partial charge in [-0.1, -0.05) is 0 Å². The quantitative estimate of drug-likeness (QED) is 0.751. The van der Waals surface area contributed by atoms with Crippen molar-refractivity contribution in [3.63, 3.8) is 0 Å². The van der Waals surface area contributed by atoms with Crippen molar-refractivity contribution in [3.8, 4) is 0 Å². The molecule has 112 valence electrons. The summed E-state index contributed by atoms with van der Waals surface area (Å²) < 4.78 is 12.2. The van der Waals surface area contributed by atoms with Crippen molar-refractivity contribution in [2.24, 2.45) is 5.92 Å². The topological polar surface area (TPSA) is 69.5 Å². The normalized spacial score (nSPS) is 16.3. The average Bonchev–Trinajstić information content (AvgIpc) is 2.92. The Morgan fingerprint density at radius 3 is 3.00 bits per heavy atom. The maximum absolute atomic E-state index is 12.3. The lowest BCUT2D eigenvalue weighted by Gasteiger charge is -2.26. The number of aromatic nitrogens is 3. The Labute approximate surface area is 118 Å². The minimum absolute atomic E-state index is 0.0732. The maximum Gasteiger partial charge on any atom is 0.226 e. The SMILES string of the molecule is COCCn1cnnc1CN(C)C(=O)C1CCOCC1. The van der Waals surface area contributed by atoms with Crippen molar-refractivity contribution in [2.75, 3.05) is 34.0 Å². The molecule has 2 rings (SSSR count). The second-order valence-electron chi connectivity index (χ2n) is 5.01. The third-order valence-corrected chi connectivity index (χ3v) is 3.56. The zero-order valence-corrected chi connectivity index (χ0v) is 12.1. The first-order chi connectivity index (χ1) is 9.72. The van der Waals surface area contributed by atoms with Crippen LogP contribution in [0.15, 0.2) is 6.33 Å². The predicted molar refractivity (Wildman–Crippen MR) is 71.9 cm³/mol. The van der Waals surface area contributed by atoms with E-state index < -0.39 is 0 Å². The van der Waals surface area contributed by atoms with E-state index in [1.54, 1.807) is 18.3 Å². The molecule has 0 unspecified atom stereocenters. The van der Waals surface area contributed by atoms with E-state index in [9.17, 15) is 4.79 Å². The molecule has 0 N–H and O–H groups in total. The van der Waals surface area contributed by atoms with Gasteiger partial charge in [0.25, 0.3) is 0 Å². The predicted octanol–water partition coefficient (Wildman–Crippen LogP) is 0.310. The van der Waals surface area contributed by atoms with Crippen LogP contribution in [-0.4, -0.2) is 59.5 Å². The summed E-state index contributed by atoms with van der Waals surface area (Å²) in [6.45, 7) is 3.11. The fourth-order valence-electron chi connectivity index (χ4n) is 2.32. The zero-order valence-electron chi connectivity index (χ0n) is 12.1. The van der Waals surface area contributed by atoms with Gasteiger partial charge in [0.2, 0.25) is 5.91 Å². The van der Waals surface area contributed by atoms with E-state index in [-0.39, 0.29) is 11.8 Å². The van der Waals surface area contributed by atoms with E-state index in [0.29, 0.717) is 32.9 Å². The van der Waals surface area contributed by atoms with Gasteiger partial charge in [0.05, 0.1) is 13.2 Å². The van der Waals surface area contributed by atoms with Gasteiger partial charge >= 0.3 is 0 Å². The molecule has 20 heavy (non-hydrogen) atoms. The number of nitrogens with zero attached hydrogens (tertiary/aromatic N) is 4. The summed E-state index contributed by atoms with van der Waals surface area (Å²) in [5, 5.41) is 7.97. The molecule has 7 heteroatoms. The summed E-state index contributed by atoms with van der Waals surface area (Å²) >= 11 is 0. The van der Waals surface area contributed by atoms with Crippen molar-refractivity contribution >= 4 is 5.91 Å². The van der Waals surface area contributed by atoms with Crippen molar-refractivity contribution in [1.82, 2.24) is 19.7 Å². The lowest BCUT2D eigenvalue weighted by atomic mass is 9.99. The van der Waals surface area contributed by atoms with Crippen molar-refractivity contribution in [3.05, 3.63) is 12.2 Å². The van der Waals surface area contributed by atoms with Crippen LogP contribution in [0.25, 0.3) is 0 Å². The fourth-order valence-corrected chi connectivity index (χ4v) is 2.32. The number of hydrogen-bond acceptors (Lipinski definition) is 5. The number of carbonyl (C=O) groups excluding carboxylic acids is 1. The number of ether oxygens (including phenoxy) is 2. The van der Waals surface area contributed by atoms with Crippen LogP contribution in [0, 0.1) is 5.92 Å². The Kier molecular flexibility index (Phi) is 5.49. The third-order valence-electron chi connectivity index (χ3n) is 3.56. The van der Waals surface area contributed by atoms with Gasteiger partial charge in [-0.05, 0) is 12.8 Å². The molecule has 1 aliphatic heterocycles. The Balaban J connectivity index is 1.91. The van der Waals surface area contributed by atoms with E-state index in [1.165, 1.54) is 0 Å². The van der Waals surface area contributed by atoms with Crippen LogP contribution >= 0.6 is 0 Å². The highest BCUT2D eigenvalue weighted by atomic mass is 16.5. The highest BCUT2D eigenvalue weighted by molar-refractivity contribution is 5.78. The van der Waals surface area contributed by atoms with Crippen LogP contribution < -0.4 is 0 Å². The number of hydrogen-bond donors (Lipinski definition) is 0. The molecule has 0 aromatic carbocycles. The van der Waals surface area contributed by atoms with Gasteiger partial charge in [0, 0.05) is 39.8 Å². The Hall–Kier alpha value is -1.47. The summed E-state index contributed by atoms with van der Waals surface area (Å²) in [5.74, 6) is 1.02. The van der Waals surface area contributed by atoms with Gasteiger partial charge in [-0.15, -0.1) is 10.2 Å². The zero-order chi connectivity index (χ0) is 14.4. The largest absolute Gasteiger partial charge is 0.383 e. The average molecular weight is 282 g/mol. The standard InChI is InChI=1S/C13H22N4O3/c1-16(13(18)11-3-6-20-7-4-11)9-12-15-14-10-17(12)5-8-19-2/h10-11H,3-9H2,1-2H3. The summed E-state index contributed by atoms with van der Waals surface area (Å²) in [6.07, 6.45) is 3.28. The number of rotatable bonds is 6. The van der Waals surface area contributed by atoms with Crippen LogP contribution in [0.4, 0.5) is 0 Å². The second-order valence-corrected chi connectivity index (χ2v) is 5.01. The summed E-state index contributed by atoms with van der Waals surface area (Å²) in [6, 6.07) is 0. The highest BCUT2D eigenvalue weighted by Gasteiger charge is 2.25. The van der Waals surface area contributed by atoms with Crippen LogP contribution in [0.3, 0.4) is 0 Å². The van der Waals surface area contributed by atoms with E-state index in [0.717, 1.165) is 18.7 Å². The van der Waals surface area contributed by atoms with Gasteiger partial charge < -0.3 is 18.9 Å². The first kappa shape index (κ1) is 14.9. The van der Waals surface area contributed by atoms with Crippen molar-refractivity contribution in [1.29, 1.82) is 0 Å². The summed E-state index contributed by atoms with van der Waals surface area (Å²) in [4.78, 5) is 14.1. The highest BCUT2D eigenvalue weighted by Crippen LogP contribution is 2.17. The molecule has 1 aromatic rings. The van der Waals surface area contributed by atoms with E-state index >= 15 is 0 Å². The van der Waals surface area contributed by atoms with Gasteiger partial charge in [-0.25, -0.2) is 0 Å². The fraction of sp³-hybridized carbons (Fsp3) is 0.769. The minimum atomic E-state index is 0.0732. The van der Waals surface area contributed by atoms with Gasteiger partial charge in [0.15, 0.2) is 5.82 Å². The molecule has 7 nitrogen and oxygen atoms in total. The molecular formula is C13H22N4O3. The second kappa shape index (κ2) is 7.35. The smallest absolute Gasteiger partial charge is 0.226 e. The summed E-state index contributed by atoms with van der Waals surface area (Å²) in [7, 11) is 3.47. The van der Waals surface area contributed by atoms with Gasteiger partial charge in [-0.2, -0.15) is 0 Å². The first-order valence-corrected chi connectivity index (χ1v) is 6.90. The van der Waals surface area contributed by atoms with Crippen molar-refractivity contribution < 1.29 is 14.3 Å².